The Bertz CT molecular complexity index is 566. The first kappa shape index (κ1) is 16.1. The molecule has 118 valence electrons. The summed E-state index contributed by atoms with van der Waals surface area (Å²) < 4.78 is 27.1. The third-order valence-electron chi connectivity index (χ3n) is 3.95. The number of nitrogens with one attached hydrogen (secondary N) is 2. The molecule has 8 nitrogen and oxygen atoms in total. The molecule has 0 saturated carbocycles. The Balaban J connectivity index is 2.00. The van der Waals surface area contributed by atoms with Crippen LogP contribution in [-0.4, -0.2) is 50.0 Å². The predicted octanol–water partition coefficient (Wildman–Crippen LogP) is -0.228. The minimum absolute atomic E-state index is 0.0147. The summed E-state index contributed by atoms with van der Waals surface area (Å²) in [7, 11) is -1.52. The maximum atomic E-state index is 12.2. The number of likely N-dealkylation sites (tertiary alicyclic amines) is 1. The van der Waals surface area contributed by atoms with E-state index in [1.165, 1.54) is 12.4 Å². The van der Waals surface area contributed by atoms with Gasteiger partial charge in [0.05, 0.1) is 12.4 Å². The zero-order valence-electron chi connectivity index (χ0n) is 12.3. The Morgan fingerprint density at radius 1 is 1.33 bits per heavy atom. The summed E-state index contributed by atoms with van der Waals surface area (Å²) in [5.41, 5.74) is 2.24. The molecular formula is C12H22N6O2S. The third kappa shape index (κ3) is 4.10. The van der Waals surface area contributed by atoms with Crippen molar-refractivity contribution in [1.29, 1.82) is 0 Å². The Morgan fingerprint density at radius 3 is 2.43 bits per heavy atom. The number of hydrogen-bond donors (Lipinski definition) is 3. The van der Waals surface area contributed by atoms with Gasteiger partial charge in [-0.3, -0.25) is 5.43 Å². The number of aromatic nitrogens is 2. The second-order valence-corrected chi connectivity index (χ2v) is 7.59. The monoisotopic (exact) mass is 314 g/mol. The van der Waals surface area contributed by atoms with E-state index < -0.39 is 10.0 Å². The van der Waals surface area contributed by atoms with E-state index in [1.54, 1.807) is 0 Å². The number of anilines is 1. The molecule has 0 radical (unpaired) electrons. The predicted molar refractivity (Wildman–Crippen MR) is 79.9 cm³/mol. The summed E-state index contributed by atoms with van der Waals surface area (Å²) in [5.74, 6) is 5.33. The fraction of sp³-hybridized carbons (Fsp3) is 0.667. The number of hydrazine groups is 1. The largest absolute Gasteiger partial charge is 0.306 e. The van der Waals surface area contributed by atoms with Crippen molar-refractivity contribution in [2.24, 2.45) is 11.3 Å². The lowest BCUT2D eigenvalue weighted by molar-refractivity contribution is 0.143. The van der Waals surface area contributed by atoms with Crippen LogP contribution in [0.15, 0.2) is 17.3 Å². The molecule has 21 heavy (non-hydrogen) atoms. The number of nitrogens with two attached hydrogens (primary N) is 1. The number of piperidine rings is 1. The fourth-order valence-electron chi connectivity index (χ4n) is 2.22. The minimum Gasteiger partial charge on any atom is -0.306 e. The molecule has 0 aliphatic carbocycles. The van der Waals surface area contributed by atoms with Crippen LogP contribution < -0.4 is 16.0 Å². The van der Waals surface area contributed by atoms with E-state index in [0.717, 1.165) is 25.9 Å². The van der Waals surface area contributed by atoms with Crippen LogP contribution in [-0.2, 0) is 10.0 Å². The summed E-state index contributed by atoms with van der Waals surface area (Å²) in [5, 5.41) is 0. The van der Waals surface area contributed by atoms with Gasteiger partial charge in [-0.25, -0.2) is 29.0 Å². The Morgan fingerprint density at radius 2 is 1.90 bits per heavy atom. The number of nitrogens with zero attached hydrogens (tertiary/aromatic N) is 3. The summed E-state index contributed by atoms with van der Waals surface area (Å²) >= 11 is 0. The van der Waals surface area contributed by atoms with Gasteiger partial charge >= 0.3 is 0 Å². The van der Waals surface area contributed by atoms with E-state index in [0.29, 0.717) is 6.54 Å². The van der Waals surface area contributed by atoms with Crippen molar-refractivity contribution in [2.75, 3.05) is 32.1 Å². The van der Waals surface area contributed by atoms with E-state index in [4.69, 9.17) is 5.84 Å². The number of rotatable bonds is 5. The highest BCUT2D eigenvalue weighted by atomic mass is 32.2. The van der Waals surface area contributed by atoms with Gasteiger partial charge in [0.15, 0.2) is 0 Å². The van der Waals surface area contributed by atoms with Gasteiger partial charge in [0.1, 0.15) is 4.90 Å². The van der Waals surface area contributed by atoms with E-state index in [1.807, 2.05) is 0 Å². The molecule has 1 aromatic rings. The van der Waals surface area contributed by atoms with Crippen molar-refractivity contribution in [2.45, 2.75) is 24.7 Å². The van der Waals surface area contributed by atoms with Crippen LogP contribution in [0.5, 0.6) is 0 Å². The fourth-order valence-corrected chi connectivity index (χ4v) is 3.31. The van der Waals surface area contributed by atoms with Gasteiger partial charge in [0, 0.05) is 6.54 Å². The van der Waals surface area contributed by atoms with Crippen molar-refractivity contribution < 1.29 is 8.42 Å². The molecule has 0 amide bonds. The molecule has 1 fully saturated rings. The van der Waals surface area contributed by atoms with Crippen LogP contribution in [0.4, 0.5) is 5.95 Å². The van der Waals surface area contributed by atoms with Crippen molar-refractivity contribution in [3.8, 4) is 0 Å². The smallest absolute Gasteiger partial charge is 0.243 e. The first-order valence-electron chi connectivity index (χ1n) is 6.82. The van der Waals surface area contributed by atoms with E-state index in [2.05, 4.69) is 39.0 Å². The molecule has 2 rings (SSSR count). The van der Waals surface area contributed by atoms with Crippen LogP contribution in [0.25, 0.3) is 0 Å². The van der Waals surface area contributed by atoms with Gasteiger partial charge in [-0.1, -0.05) is 6.92 Å². The molecule has 0 atom stereocenters. The van der Waals surface area contributed by atoms with Crippen molar-refractivity contribution >= 4 is 16.0 Å². The molecule has 0 bridgehead atoms. The molecule has 1 aliphatic heterocycles. The standard InChI is InChI=1S/C12H22N6O2S/c1-12(3-5-18(2)6-4-12)9-16-21(19,20)10-7-14-11(17-13)15-8-10/h7-8,16H,3-6,9,13H2,1-2H3,(H,14,15,17). The molecule has 1 saturated heterocycles. The molecular weight excluding hydrogens is 292 g/mol. The first-order chi connectivity index (χ1) is 9.85. The van der Waals surface area contributed by atoms with E-state index in [9.17, 15) is 8.42 Å². The minimum atomic E-state index is -3.59. The zero-order chi connectivity index (χ0) is 15.5. The molecule has 4 N–H and O–H groups in total. The first-order valence-corrected chi connectivity index (χ1v) is 8.30. The van der Waals surface area contributed by atoms with E-state index in [-0.39, 0.29) is 16.3 Å². The normalized spacial score (nSPS) is 19.4. The van der Waals surface area contributed by atoms with Crippen LogP contribution in [0.2, 0.25) is 0 Å². The number of hydrogen-bond acceptors (Lipinski definition) is 7. The highest BCUT2D eigenvalue weighted by Gasteiger charge is 2.30. The number of nitrogen functional groups attached to an aromatic ring is 1. The maximum Gasteiger partial charge on any atom is 0.243 e. The lowest BCUT2D eigenvalue weighted by Crippen LogP contribution is -2.43. The summed E-state index contributed by atoms with van der Waals surface area (Å²) in [6.45, 7) is 4.50. The lowest BCUT2D eigenvalue weighted by Gasteiger charge is -2.37. The van der Waals surface area contributed by atoms with Gasteiger partial charge < -0.3 is 4.90 Å². The quantitative estimate of drug-likeness (QED) is 0.508. The van der Waals surface area contributed by atoms with Gasteiger partial charge in [-0.05, 0) is 38.4 Å². The Kier molecular flexibility index (Phi) is 4.77. The zero-order valence-corrected chi connectivity index (χ0v) is 13.2. The van der Waals surface area contributed by atoms with Crippen molar-refractivity contribution in [1.82, 2.24) is 19.6 Å². The lowest BCUT2D eigenvalue weighted by atomic mass is 9.81. The summed E-state index contributed by atoms with van der Waals surface area (Å²) in [6, 6.07) is 0. The molecule has 1 aromatic heterocycles. The Hall–Kier alpha value is -1.29. The Labute approximate surface area is 125 Å². The average Bonchev–Trinajstić information content (AvgIpc) is 2.49. The molecule has 1 aliphatic rings. The number of sulfonamides is 1. The van der Waals surface area contributed by atoms with Gasteiger partial charge in [0.2, 0.25) is 16.0 Å². The second kappa shape index (κ2) is 6.22. The average molecular weight is 314 g/mol. The van der Waals surface area contributed by atoms with Crippen LogP contribution in [0.1, 0.15) is 19.8 Å². The van der Waals surface area contributed by atoms with Crippen molar-refractivity contribution in [3.63, 3.8) is 0 Å². The third-order valence-corrected chi connectivity index (χ3v) is 5.31. The summed E-state index contributed by atoms with van der Waals surface area (Å²) in [6.07, 6.45) is 4.42. The maximum absolute atomic E-state index is 12.2. The van der Waals surface area contributed by atoms with Crippen molar-refractivity contribution in [3.05, 3.63) is 12.4 Å². The molecule has 0 aromatic carbocycles. The van der Waals surface area contributed by atoms with Crippen LogP contribution >= 0.6 is 0 Å². The molecule has 0 spiro atoms. The van der Waals surface area contributed by atoms with Crippen LogP contribution in [0.3, 0.4) is 0 Å². The van der Waals surface area contributed by atoms with Crippen LogP contribution in [0, 0.1) is 5.41 Å². The van der Waals surface area contributed by atoms with Gasteiger partial charge in [-0.2, -0.15) is 0 Å². The van der Waals surface area contributed by atoms with Gasteiger partial charge in [0.25, 0.3) is 0 Å². The van der Waals surface area contributed by atoms with E-state index >= 15 is 0 Å². The molecule has 2 heterocycles. The SMILES string of the molecule is CN1CCC(C)(CNS(=O)(=O)c2cnc(NN)nc2)CC1. The summed E-state index contributed by atoms with van der Waals surface area (Å²) in [4.78, 5) is 9.92. The molecule has 0 unspecified atom stereocenters. The highest BCUT2D eigenvalue weighted by molar-refractivity contribution is 7.89. The molecule has 9 heteroatoms. The second-order valence-electron chi connectivity index (χ2n) is 5.83. The topological polar surface area (TPSA) is 113 Å². The highest BCUT2D eigenvalue weighted by Crippen LogP contribution is 2.29. The van der Waals surface area contributed by atoms with Gasteiger partial charge in [-0.15, -0.1) is 0 Å².